The van der Waals surface area contributed by atoms with Gasteiger partial charge in [-0.25, -0.2) is 0 Å². The number of nitrogens with zero attached hydrogens (tertiary/aromatic N) is 2. The van der Waals surface area contributed by atoms with Crippen molar-refractivity contribution in [3.05, 3.63) is 58.3 Å². The third kappa shape index (κ3) is 5.37. The standard InChI is InChI=1S/C19H24N2O3S/c22-17(14-24-15-18-7-4-12-25-18)13-20-8-10-21(11-9-20)19(23)16-5-2-1-3-6-16/h1-7,12,17,22H,8-11,13-15H2. The highest BCUT2D eigenvalue weighted by Crippen LogP contribution is 2.11. The molecule has 2 aromatic rings. The Bertz CT molecular complexity index is 640. The zero-order valence-electron chi connectivity index (χ0n) is 14.2. The van der Waals surface area contributed by atoms with E-state index in [1.807, 2.05) is 52.7 Å². The zero-order chi connectivity index (χ0) is 17.5. The molecule has 1 aromatic carbocycles. The third-order valence-corrected chi connectivity index (χ3v) is 5.13. The number of carbonyl (C=O) groups is 1. The number of amides is 1. The van der Waals surface area contributed by atoms with E-state index in [-0.39, 0.29) is 5.91 Å². The molecule has 0 spiro atoms. The van der Waals surface area contributed by atoms with Crippen molar-refractivity contribution in [1.29, 1.82) is 0 Å². The van der Waals surface area contributed by atoms with Crippen molar-refractivity contribution in [2.75, 3.05) is 39.3 Å². The number of carbonyl (C=O) groups excluding carboxylic acids is 1. The molecule has 1 N–H and O–H groups in total. The van der Waals surface area contributed by atoms with Crippen molar-refractivity contribution in [3.63, 3.8) is 0 Å². The number of rotatable bonds is 7. The fourth-order valence-corrected chi connectivity index (χ4v) is 3.58. The van der Waals surface area contributed by atoms with E-state index < -0.39 is 6.10 Å². The molecule has 6 heteroatoms. The number of benzene rings is 1. The first-order valence-electron chi connectivity index (χ1n) is 8.57. The molecule has 3 rings (SSSR count). The quantitative estimate of drug-likeness (QED) is 0.821. The number of β-amino-alcohol motifs (C(OH)–C–C–N with tert-alkyl or cyclic N) is 1. The number of aliphatic hydroxyl groups is 1. The fourth-order valence-electron chi connectivity index (χ4n) is 2.94. The average molecular weight is 360 g/mol. The van der Waals surface area contributed by atoms with Gasteiger partial charge in [-0.1, -0.05) is 24.3 Å². The van der Waals surface area contributed by atoms with Crippen molar-refractivity contribution in [3.8, 4) is 0 Å². The second kappa shape index (κ2) is 9.10. The first-order chi connectivity index (χ1) is 12.2. The zero-order valence-corrected chi connectivity index (χ0v) is 15.0. The Morgan fingerprint density at radius 2 is 1.88 bits per heavy atom. The van der Waals surface area contributed by atoms with Crippen molar-refractivity contribution in [2.45, 2.75) is 12.7 Å². The Morgan fingerprint density at radius 1 is 1.12 bits per heavy atom. The number of hydrogen-bond donors (Lipinski definition) is 1. The summed E-state index contributed by atoms with van der Waals surface area (Å²) in [6.07, 6.45) is -0.503. The molecule has 1 fully saturated rings. The van der Waals surface area contributed by atoms with Crippen LogP contribution in [0, 0.1) is 0 Å². The first-order valence-corrected chi connectivity index (χ1v) is 9.45. The summed E-state index contributed by atoms with van der Waals surface area (Å²) >= 11 is 1.66. The summed E-state index contributed by atoms with van der Waals surface area (Å²) < 4.78 is 5.57. The largest absolute Gasteiger partial charge is 0.389 e. The van der Waals surface area contributed by atoms with E-state index in [2.05, 4.69) is 4.90 Å². The van der Waals surface area contributed by atoms with E-state index >= 15 is 0 Å². The van der Waals surface area contributed by atoms with Crippen LogP contribution in [0.3, 0.4) is 0 Å². The lowest BCUT2D eigenvalue weighted by atomic mass is 10.2. The van der Waals surface area contributed by atoms with Crippen LogP contribution < -0.4 is 0 Å². The SMILES string of the molecule is O=C(c1ccccc1)N1CCN(CC(O)COCc2cccs2)CC1. The van der Waals surface area contributed by atoms with Crippen molar-refractivity contribution in [2.24, 2.45) is 0 Å². The van der Waals surface area contributed by atoms with Crippen LogP contribution in [-0.4, -0.2) is 66.2 Å². The van der Waals surface area contributed by atoms with Gasteiger partial charge < -0.3 is 14.7 Å². The van der Waals surface area contributed by atoms with Crippen LogP contribution in [0.1, 0.15) is 15.2 Å². The molecule has 1 aliphatic rings. The topological polar surface area (TPSA) is 53.0 Å². The van der Waals surface area contributed by atoms with Crippen LogP contribution in [0.5, 0.6) is 0 Å². The Kier molecular flexibility index (Phi) is 6.58. The summed E-state index contributed by atoms with van der Waals surface area (Å²) in [7, 11) is 0. The van der Waals surface area contributed by atoms with Gasteiger partial charge in [0.2, 0.25) is 0 Å². The maximum absolute atomic E-state index is 12.4. The fraction of sp³-hybridized carbons (Fsp3) is 0.421. The van der Waals surface area contributed by atoms with Gasteiger partial charge in [0.05, 0.1) is 19.3 Å². The van der Waals surface area contributed by atoms with Gasteiger partial charge in [-0.2, -0.15) is 0 Å². The Hall–Kier alpha value is -1.73. The van der Waals surface area contributed by atoms with Gasteiger partial charge in [0.1, 0.15) is 0 Å². The highest BCUT2D eigenvalue weighted by Gasteiger charge is 2.23. The van der Waals surface area contributed by atoms with Crippen molar-refractivity contribution >= 4 is 17.2 Å². The molecule has 1 atom stereocenters. The lowest BCUT2D eigenvalue weighted by Gasteiger charge is -2.35. The Labute approximate surface area is 152 Å². The predicted molar refractivity (Wildman–Crippen MR) is 98.8 cm³/mol. The van der Waals surface area contributed by atoms with Gasteiger partial charge in [0, 0.05) is 43.2 Å². The molecule has 1 amide bonds. The summed E-state index contributed by atoms with van der Waals surface area (Å²) in [4.78, 5) is 17.7. The second-order valence-corrected chi connectivity index (χ2v) is 7.24. The highest BCUT2D eigenvalue weighted by molar-refractivity contribution is 7.09. The maximum atomic E-state index is 12.4. The van der Waals surface area contributed by atoms with E-state index in [0.717, 1.165) is 18.7 Å². The molecule has 2 heterocycles. The summed E-state index contributed by atoms with van der Waals surface area (Å²) in [6.45, 7) is 4.40. The van der Waals surface area contributed by atoms with Crippen molar-refractivity contribution < 1.29 is 14.6 Å². The minimum absolute atomic E-state index is 0.0834. The molecule has 1 saturated heterocycles. The number of ether oxygens (including phenoxy) is 1. The molecule has 1 aromatic heterocycles. The molecule has 0 bridgehead atoms. The minimum atomic E-state index is -0.503. The molecule has 25 heavy (non-hydrogen) atoms. The van der Waals surface area contributed by atoms with E-state index in [0.29, 0.717) is 32.8 Å². The molecular weight excluding hydrogens is 336 g/mol. The normalized spacial score (nSPS) is 16.8. The van der Waals surface area contributed by atoms with Crippen molar-refractivity contribution in [1.82, 2.24) is 9.80 Å². The van der Waals surface area contributed by atoms with Crippen LogP contribution in [-0.2, 0) is 11.3 Å². The van der Waals surface area contributed by atoms with Gasteiger partial charge in [-0.3, -0.25) is 9.69 Å². The number of thiophene rings is 1. The number of aliphatic hydroxyl groups excluding tert-OH is 1. The molecule has 0 aliphatic carbocycles. The lowest BCUT2D eigenvalue weighted by molar-refractivity contribution is 0.00270. The number of piperazine rings is 1. The van der Waals surface area contributed by atoms with E-state index in [4.69, 9.17) is 4.74 Å². The van der Waals surface area contributed by atoms with Crippen LogP contribution >= 0.6 is 11.3 Å². The van der Waals surface area contributed by atoms with Crippen LogP contribution in [0.4, 0.5) is 0 Å². The van der Waals surface area contributed by atoms with Gasteiger partial charge in [-0.15, -0.1) is 11.3 Å². The van der Waals surface area contributed by atoms with Crippen LogP contribution in [0.25, 0.3) is 0 Å². The third-order valence-electron chi connectivity index (χ3n) is 4.28. The smallest absolute Gasteiger partial charge is 0.253 e. The van der Waals surface area contributed by atoms with E-state index in [1.54, 1.807) is 11.3 Å². The van der Waals surface area contributed by atoms with E-state index in [1.165, 1.54) is 4.88 Å². The second-order valence-electron chi connectivity index (χ2n) is 6.21. The Balaban J connectivity index is 1.36. The lowest BCUT2D eigenvalue weighted by Crippen LogP contribution is -2.50. The van der Waals surface area contributed by atoms with Crippen LogP contribution in [0.15, 0.2) is 47.8 Å². The summed E-state index contributed by atoms with van der Waals surface area (Å²) in [5, 5.41) is 12.2. The van der Waals surface area contributed by atoms with Gasteiger partial charge >= 0.3 is 0 Å². The molecule has 134 valence electrons. The molecule has 1 aliphatic heterocycles. The monoisotopic (exact) mass is 360 g/mol. The average Bonchev–Trinajstić information content (AvgIpc) is 3.16. The minimum Gasteiger partial charge on any atom is -0.389 e. The highest BCUT2D eigenvalue weighted by atomic mass is 32.1. The summed E-state index contributed by atoms with van der Waals surface area (Å²) in [6, 6.07) is 13.4. The molecule has 1 unspecified atom stereocenters. The first kappa shape index (κ1) is 18.1. The van der Waals surface area contributed by atoms with Gasteiger partial charge in [-0.05, 0) is 23.6 Å². The molecule has 5 nitrogen and oxygen atoms in total. The molecule has 0 radical (unpaired) electrons. The van der Waals surface area contributed by atoms with Crippen LogP contribution in [0.2, 0.25) is 0 Å². The van der Waals surface area contributed by atoms with Gasteiger partial charge in [0.25, 0.3) is 5.91 Å². The maximum Gasteiger partial charge on any atom is 0.253 e. The molecular formula is C19H24N2O3S. The molecule has 0 saturated carbocycles. The Morgan fingerprint density at radius 3 is 2.56 bits per heavy atom. The van der Waals surface area contributed by atoms with Gasteiger partial charge in [0.15, 0.2) is 0 Å². The van der Waals surface area contributed by atoms with E-state index in [9.17, 15) is 9.90 Å². The summed E-state index contributed by atoms with van der Waals surface area (Å²) in [5.41, 5.74) is 0.734. The summed E-state index contributed by atoms with van der Waals surface area (Å²) in [5.74, 6) is 0.0834. The number of hydrogen-bond acceptors (Lipinski definition) is 5. The predicted octanol–water partition coefficient (Wildman–Crippen LogP) is 2.08.